The van der Waals surface area contributed by atoms with Crippen molar-refractivity contribution in [3.8, 4) is 0 Å². The van der Waals surface area contributed by atoms with E-state index in [4.69, 9.17) is 14.2 Å². The van der Waals surface area contributed by atoms with Gasteiger partial charge in [0.2, 0.25) is 0 Å². The molecule has 80 valence electrons. The lowest BCUT2D eigenvalue weighted by atomic mass is 10.1. The maximum absolute atomic E-state index is 5.64. The minimum atomic E-state index is 0.0816. The topological polar surface area (TPSA) is 39.7 Å². The van der Waals surface area contributed by atoms with E-state index in [0.717, 1.165) is 18.8 Å². The highest BCUT2D eigenvalue weighted by atomic mass is 16.6. The van der Waals surface area contributed by atoms with Crippen LogP contribution in [0.25, 0.3) is 0 Å². The molecule has 0 radical (unpaired) electrons. The van der Waals surface area contributed by atoms with Crippen LogP contribution in [0.5, 0.6) is 0 Å². The summed E-state index contributed by atoms with van der Waals surface area (Å²) in [5.41, 5.74) is 0. The molecule has 0 amide bonds. The molecule has 0 spiro atoms. The Bertz CT molecular complexity index is 211. The lowest BCUT2D eigenvalue weighted by Crippen LogP contribution is -2.46. The zero-order chi connectivity index (χ0) is 9.80. The van der Waals surface area contributed by atoms with Gasteiger partial charge in [0, 0.05) is 6.42 Å². The number of rotatable bonds is 3. The molecular weight excluding hydrogens is 182 g/mol. The highest BCUT2D eigenvalue weighted by Gasteiger charge is 2.29. The molecule has 2 aliphatic heterocycles. The monoisotopic (exact) mass is 199 g/mol. The van der Waals surface area contributed by atoms with Crippen LogP contribution in [0.1, 0.15) is 6.42 Å². The van der Waals surface area contributed by atoms with Crippen LogP contribution >= 0.6 is 0 Å². The van der Waals surface area contributed by atoms with E-state index in [1.165, 1.54) is 0 Å². The number of hydrogen-bond acceptors (Lipinski definition) is 4. The zero-order valence-electron chi connectivity index (χ0n) is 8.49. The van der Waals surface area contributed by atoms with Crippen molar-refractivity contribution < 1.29 is 14.2 Å². The molecule has 0 aromatic carbocycles. The van der Waals surface area contributed by atoms with Crippen molar-refractivity contribution in [1.82, 2.24) is 5.32 Å². The van der Waals surface area contributed by atoms with Crippen molar-refractivity contribution in [2.45, 2.75) is 18.6 Å². The number of hydrogen-bond donors (Lipinski definition) is 1. The molecule has 0 saturated carbocycles. The molecule has 1 N–H and O–H groups in total. The maximum Gasteiger partial charge on any atom is 0.112 e. The maximum atomic E-state index is 5.64. The quantitative estimate of drug-likeness (QED) is 0.709. The summed E-state index contributed by atoms with van der Waals surface area (Å²) >= 11 is 0. The van der Waals surface area contributed by atoms with E-state index in [9.17, 15) is 0 Å². The van der Waals surface area contributed by atoms with E-state index >= 15 is 0 Å². The summed E-state index contributed by atoms with van der Waals surface area (Å²) in [6.07, 6.45) is 3.21. The predicted molar refractivity (Wildman–Crippen MR) is 52.1 cm³/mol. The third-order valence-corrected chi connectivity index (χ3v) is 2.56. The Labute approximate surface area is 84.2 Å². The summed E-state index contributed by atoms with van der Waals surface area (Å²) in [6.45, 7) is 2.82. The standard InChI is InChI=1S/C10H17NO3/c1-11-10(8-3-2-4-13-8)9-7-12-5-6-14-9/h3,9-11H,2,4-7H2,1H3. The molecular formula is C10H17NO3. The van der Waals surface area contributed by atoms with E-state index in [0.29, 0.717) is 19.8 Å². The van der Waals surface area contributed by atoms with Gasteiger partial charge in [0.25, 0.3) is 0 Å². The van der Waals surface area contributed by atoms with Gasteiger partial charge in [-0.05, 0) is 13.1 Å². The van der Waals surface area contributed by atoms with Gasteiger partial charge >= 0.3 is 0 Å². The van der Waals surface area contributed by atoms with Crippen LogP contribution in [-0.4, -0.2) is 45.6 Å². The predicted octanol–water partition coefficient (Wildman–Crippen LogP) is 0.294. The minimum absolute atomic E-state index is 0.0816. The van der Waals surface area contributed by atoms with Gasteiger partial charge in [-0.1, -0.05) is 0 Å². The first kappa shape index (κ1) is 9.96. The second-order valence-electron chi connectivity index (χ2n) is 3.49. The Balaban J connectivity index is 1.96. The fourth-order valence-corrected chi connectivity index (χ4v) is 1.86. The Morgan fingerprint density at radius 1 is 1.43 bits per heavy atom. The van der Waals surface area contributed by atoms with Gasteiger partial charge < -0.3 is 19.5 Å². The van der Waals surface area contributed by atoms with Gasteiger partial charge in [0.05, 0.1) is 32.5 Å². The first-order valence-corrected chi connectivity index (χ1v) is 5.11. The van der Waals surface area contributed by atoms with E-state index in [-0.39, 0.29) is 12.1 Å². The fourth-order valence-electron chi connectivity index (χ4n) is 1.86. The summed E-state index contributed by atoms with van der Waals surface area (Å²) in [7, 11) is 1.92. The number of nitrogens with one attached hydrogen (secondary N) is 1. The third-order valence-electron chi connectivity index (χ3n) is 2.56. The van der Waals surface area contributed by atoms with Crippen LogP contribution in [0.2, 0.25) is 0 Å². The Kier molecular flexibility index (Phi) is 3.39. The smallest absolute Gasteiger partial charge is 0.112 e. The minimum Gasteiger partial charge on any atom is -0.496 e. The molecule has 0 aromatic heterocycles. The molecule has 0 aromatic rings. The second-order valence-corrected chi connectivity index (χ2v) is 3.49. The first-order valence-electron chi connectivity index (χ1n) is 5.11. The number of likely N-dealkylation sites (N-methyl/N-ethyl adjacent to an activating group) is 1. The van der Waals surface area contributed by atoms with Crippen LogP contribution in [0.3, 0.4) is 0 Å². The van der Waals surface area contributed by atoms with Crippen LogP contribution in [-0.2, 0) is 14.2 Å². The molecule has 1 fully saturated rings. The highest BCUT2D eigenvalue weighted by molar-refractivity contribution is 5.09. The molecule has 2 rings (SSSR count). The SMILES string of the molecule is CNC(C1=CCCO1)C1COCCO1. The summed E-state index contributed by atoms with van der Waals surface area (Å²) in [6, 6.07) is 0.137. The second kappa shape index (κ2) is 4.77. The molecule has 1 saturated heterocycles. The van der Waals surface area contributed by atoms with Gasteiger partial charge in [-0.25, -0.2) is 0 Å². The van der Waals surface area contributed by atoms with Gasteiger partial charge in [0.15, 0.2) is 0 Å². The average Bonchev–Trinajstić information content (AvgIpc) is 2.74. The Morgan fingerprint density at radius 2 is 2.36 bits per heavy atom. The molecule has 14 heavy (non-hydrogen) atoms. The highest BCUT2D eigenvalue weighted by Crippen LogP contribution is 2.19. The molecule has 4 heteroatoms. The zero-order valence-corrected chi connectivity index (χ0v) is 8.49. The molecule has 2 unspecified atom stereocenters. The van der Waals surface area contributed by atoms with E-state index in [1.807, 2.05) is 7.05 Å². The first-order chi connectivity index (χ1) is 6.92. The van der Waals surface area contributed by atoms with Crippen LogP contribution in [0.4, 0.5) is 0 Å². The third kappa shape index (κ3) is 2.08. The van der Waals surface area contributed by atoms with Crippen molar-refractivity contribution in [2.24, 2.45) is 0 Å². The van der Waals surface area contributed by atoms with Gasteiger partial charge in [-0.3, -0.25) is 0 Å². The van der Waals surface area contributed by atoms with Crippen LogP contribution < -0.4 is 5.32 Å². The van der Waals surface area contributed by atoms with E-state index < -0.39 is 0 Å². The number of ether oxygens (including phenoxy) is 3. The normalized spacial score (nSPS) is 29.5. The van der Waals surface area contributed by atoms with Crippen molar-refractivity contribution >= 4 is 0 Å². The van der Waals surface area contributed by atoms with E-state index in [1.54, 1.807) is 0 Å². The summed E-state index contributed by atoms with van der Waals surface area (Å²) in [4.78, 5) is 0. The van der Waals surface area contributed by atoms with Crippen LogP contribution in [0, 0.1) is 0 Å². The Hall–Kier alpha value is -0.580. The lowest BCUT2D eigenvalue weighted by molar-refractivity contribution is -0.101. The Morgan fingerprint density at radius 3 is 2.93 bits per heavy atom. The van der Waals surface area contributed by atoms with Crippen LogP contribution in [0.15, 0.2) is 11.8 Å². The van der Waals surface area contributed by atoms with Gasteiger partial charge in [-0.15, -0.1) is 0 Å². The summed E-state index contributed by atoms with van der Waals surface area (Å²) < 4.78 is 16.5. The lowest BCUT2D eigenvalue weighted by Gasteiger charge is -2.30. The van der Waals surface area contributed by atoms with Crippen molar-refractivity contribution in [1.29, 1.82) is 0 Å². The molecule has 2 aliphatic rings. The molecule has 2 atom stereocenters. The van der Waals surface area contributed by atoms with Crippen molar-refractivity contribution in [3.63, 3.8) is 0 Å². The molecule has 2 heterocycles. The molecule has 0 aliphatic carbocycles. The van der Waals surface area contributed by atoms with Crippen molar-refractivity contribution in [3.05, 3.63) is 11.8 Å². The summed E-state index contributed by atoms with van der Waals surface area (Å²) in [5, 5.41) is 3.22. The van der Waals surface area contributed by atoms with Gasteiger partial charge in [0.1, 0.15) is 11.9 Å². The van der Waals surface area contributed by atoms with Gasteiger partial charge in [-0.2, -0.15) is 0 Å². The molecule has 0 bridgehead atoms. The largest absolute Gasteiger partial charge is 0.496 e. The summed E-state index contributed by atoms with van der Waals surface area (Å²) in [5.74, 6) is 1.00. The fraction of sp³-hybridized carbons (Fsp3) is 0.800. The molecule has 4 nitrogen and oxygen atoms in total. The van der Waals surface area contributed by atoms with Crippen molar-refractivity contribution in [2.75, 3.05) is 33.5 Å². The average molecular weight is 199 g/mol. The van der Waals surface area contributed by atoms with E-state index in [2.05, 4.69) is 11.4 Å².